The SMILES string of the molecule is Cc1noc(CNc2cncc(Cl)n2)n1. The molecule has 1 N–H and O–H groups in total. The lowest BCUT2D eigenvalue weighted by molar-refractivity contribution is 0.379. The van der Waals surface area contributed by atoms with E-state index >= 15 is 0 Å². The van der Waals surface area contributed by atoms with E-state index < -0.39 is 0 Å². The first-order valence-corrected chi connectivity index (χ1v) is 4.62. The van der Waals surface area contributed by atoms with Crippen molar-refractivity contribution in [3.05, 3.63) is 29.3 Å². The molecule has 0 aliphatic rings. The Hall–Kier alpha value is -1.69. The highest BCUT2D eigenvalue weighted by Crippen LogP contribution is 2.07. The average molecular weight is 226 g/mol. The number of nitrogens with zero attached hydrogens (tertiary/aromatic N) is 4. The number of hydrogen-bond donors (Lipinski definition) is 1. The Morgan fingerprint density at radius 3 is 2.93 bits per heavy atom. The van der Waals surface area contributed by atoms with Crippen LogP contribution in [0.15, 0.2) is 16.9 Å². The lowest BCUT2D eigenvalue weighted by atomic mass is 10.5. The zero-order valence-corrected chi connectivity index (χ0v) is 8.69. The van der Waals surface area contributed by atoms with Gasteiger partial charge in [0.1, 0.15) is 11.0 Å². The van der Waals surface area contributed by atoms with Gasteiger partial charge in [-0.3, -0.25) is 4.98 Å². The molecule has 0 radical (unpaired) electrons. The molecule has 0 fully saturated rings. The van der Waals surface area contributed by atoms with Gasteiger partial charge in [-0.05, 0) is 6.92 Å². The molecule has 0 aliphatic heterocycles. The monoisotopic (exact) mass is 225 g/mol. The molecule has 15 heavy (non-hydrogen) atoms. The first-order valence-electron chi connectivity index (χ1n) is 4.24. The molecule has 0 spiro atoms. The first kappa shape index (κ1) is 9.85. The van der Waals surface area contributed by atoms with Crippen molar-refractivity contribution >= 4 is 17.4 Å². The molecule has 0 amide bonds. The third kappa shape index (κ3) is 2.63. The summed E-state index contributed by atoms with van der Waals surface area (Å²) in [6.45, 7) is 2.15. The molecule has 78 valence electrons. The largest absolute Gasteiger partial charge is 0.360 e. The second-order valence-corrected chi connectivity index (χ2v) is 3.20. The Morgan fingerprint density at radius 2 is 2.27 bits per heavy atom. The fraction of sp³-hybridized carbons (Fsp3) is 0.250. The fourth-order valence-corrected chi connectivity index (χ4v) is 1.15. The van der Waals surface area contributed by atoms with E-state index in [1.165, 1.54) is 6.20 Å². The molecular formula is C8H8ClN5O. The smallest absolute Gasteiger partial charge is 0.245 e. The first-order chi connectivity index (χ1) is 7.24. The van der Waals surface area contributed by atoms with Crippen molar-refractivity contribution < 1.29 is 4.52 Å². The van der Waals surface area contributed by atoms with E-state index in [0.29, 0.717) is 29.2 Å². The molecule has 0 bridgehead atoms. The molecule has 0 atom stereocenters. The lowest BCUT2D eigenvalue weighted by Gasteiger charge is -2.00. The molecule has 0 saturated carbocycles. The van der Waals surface area contributed by atoms with Gasteiger partial charge in [-0.2, -0.15) is 4.98 Å². The summed E-state index contributed by atoms with van der Waals surface area (Å²) in [6, 6.07) is 0. The van der Waals surface area contributed by atoms with E-state index in [-0.39, 0.29) is 0 Å². The Kier molecular flexibility index (Phi) is 2.77. The minimum absolute atomic E-state index is 0.335. The van der Waals surface area contributed by atoms with Crippen molar-refractivity contribution in [2.45, 2.75) is 13.5 Å². The lowest BCUT2D eigenvalue weighted by Crippen LogP contribution is -2.02. The minimum Gasteiger partial charge on any atom is -0.360 e. The van der Waals surface area contributed by atoms with E-state index in [1.54, 1.807) is 13.1 Å². The van der Waals surface area contributed by atoms with Crippen LogP contribution in [0.25, 0.3) is 0 Å². The van der Waals surface area contributed by atoms with E-state index in [4.69, 9.17) is 16.1 Å². The number of hydrogen-bond acceptors (Lipinski definition) is 6. The van der Waals surface area contributed by atoms with Crippen molar-refractivity contribution in [1.29, 1.82) is 0 Å². The highest BCUT2D eigenvalue weighted by atomic mass is 35.5. The van der Waals surface area contributed by atoms with Gasteiger partial charge in [0.25, 0.3) is 0 Å². The van der Waals surface area contributed by atoms with Crippen LogP contribution in [0.2, 0.25) is 5.15 Å². The second-order valence-electron chi connectivity index (χ2n) is 2.82. The Bertz CT molecular complexity index is 458. The van der Waals surface area contributed by atoms with Crippen molar-refractivity contribution in [3.8, 4) is 0 Å². The van der Waals surface area contributed by atoms with Crippen LogP contribution in [-0.2, 0) is 6.54 Å². The molecule has 0 unspecified atom stereocenters. The standard InChI is InChI=1S/C8H8ClN5O/c1-5-12-8(15-14-5)4-11-7-3-10-2-6(9)13-7/h2-3H,4H2,1H3,(H,11,13). The number of nitrogens with one attached hydrogen (secondary N) is 1. The van der Waals surface area contributed by atoms with Gasteiger partial charge in [-0.1, -0.05) is 16.8 Å². The maximum atomic E-state index is 5.67. The van der Waals surface area contributed by atoms with Gasteiger partial charge < -0.3 is 9.84 Å². The molecule has 2 heterocycles. The van der Waals surface area contributed by atoms with Crippen LogP contribution < -0.4 is 5.32 Å². The van der Waals surface area contributed by atoms with E-state index in [2.05, 4.69) is 25.4 Å². The van der Waals surface area contributed by atoms with Gasteiger partial charge in [0.2, 0.25) is 5.89 Å². The molecule has 6 nitrogen and oxygen atoms in total. The minimum atomic E-state index is 0.335. The molecule has 0 aliphatic carbocycles. The van der Waals surface area contributed by atoms with Gasteiger partial charge in [-0.15, -0.1) is 0 Å². The number of halogens is 1. The van der Waals surface area contributed by atoms with Crippen molar-refractivity contribution in [2.75, 3.05) is 5.32 Å². The van der Waals surface area contributed by atoms with Gasteiger partial charge in [0.15, 0.2) is 5.82 Å². The Balaban J connectivity index is 1.99. The van der Waals surface area contributed by atoms with Gasteiger partial charge in [0.05, 0.1) is 18.9 Å². The summed E-state index contributed by atoms with van der Waals surface area (Å²) in [5.41, 5.74) is 0. The number of rotatable bonds is 3. The Labute approximate surface area is 90.7 Å². The summed E-state index contributed by atoms with van der Waals surface area (Å²) in [5, 5.41) is 6.95. The van der Waals surface area contributed by atoms with E-state index in [0.717, 1.165) is 0 Å². The van der Waals surface area contributed by atoms with Gasteiger partial charge in [0, 0.05) is 0 Å². The quantitative estimate of drug-likeness (QED) is 0.852. The Morgan fingerprint density at radius 1 is 1.40 bits per heavy atom. The zero-order valence-electron chi connectivity index (χ0n) is 7.94. The van der Waals surface area contributed by atoms with Crippen LogP contribution in [0, 0.1) is 6.92 Å². The highest BCUT2D eigenvalue weighted by molar-refractivity contribution is 6.29. The number of anilines is 1. The van der Waals surface area contributed by atoms with Gasteiger partial charge in [-0.25, -0.2) is 4.98 Å². The predicted octanol–water partition coefficient (Wildman–Crippen LogP) is 1.43. The summed E-state index contributed by atoms with van der Waals surface area (Å²) in [7, 11) is 0. The third-order valence-electron chi connectivity index (χ3n) is 1.60. The molecule has 2 aromatic heterocycles. The highest BCUT2D eigenvalue weighted by Gasteiger charge is 2.02. The topological polar surface area (TPSA) is 76.7 Å². The van der Waals surface area contributed by atoms with Crippen molar-refractivity contribution in [3.63, 3.8) is 0 Å². The van der Waals surface area contributed by atoms with Crippen LogP contribution in [-0.4, -0.2) is 20.1 Å². The zero-order chi connectivity index (χ0) is 10.7. The van der Waals surface area contributed by atoms with Crippen LogP contribution in [0.1, 0.15) is 11.7 Å². The van der Waals surface area contributed by atoms with Crippen molar-refractivity contribution in [1.82, 2.24) is 20.1 Å². The molecular weight excluding hydrogens is 218 g/mol. The van der Waals surface area contributed by atoms with Crippen LogP contribution in [0.5, 0.6) is 0 Å². The summed E-state index contributed by atoms with van der Waals surface area (Å²) in [5.74, 6) is 1.66. The van der Waals surface area contributed by atoms with E-state index in [1.807, 2.05) is 0 Å². The maximum absolute atomic E-state index is 5.67. The van der Waals surface area contributed by atoms with Gasteiger partial charge >= 0.3 is 0 Å². The van der Waals surface area contributed by atoms with Crippen molar-refractivity contribution in [2.24, 2.45) is 0 Å². The molecule has 2 rings (SSSR count). The van der Waals surface area contributed by atoms with E-state index in [9.17, 15) is 0 Å². The second kappa shape index (κ2) is 4.22. The number of aromatic nitrogens is 4. The normalized spacial score (nSPS) is 10.3. The summed E-state index contributed by atoms with van der Waals surface area (Å²) in [4.78, 5) is 11.9. The molecule has 0 saturated heterocycles. The number of aryl methyl sites for hydroxylation is 1. The fourth-order valence-electron chi connectivity index (χ4n) is 1.01. The summed E-state index contributed by atoms with van der Waals surface area (Å²) < 4.78 is 4.91. The predicted molar refractivity (Wildman–Crippen MR) is 53.4 cm³/mol. The third-order valence-corrected chi connectivity index (χ3v) is 1.78. The summed E-state index contributed by atoms with van der Waals surface area (Å²) in [6.07, 6.45) is 3.03. The molecule has 2 aromatic rings. The maximum Gasteiger partial charge on any atom is 0.245 e. The summed E-state index contributed by atoms with van der Waals surface area (Å²) >= 11 is 5.67. The van der Waals surface area contributed by atoms with Crippen LogP contribution in [0.4, 0.5) is 5.82 Å². The van der Waals surface area contributed by atoms with Crippen LogP contribution >= 0.6 is 11.6 Å². The molecule has 7 heteroatoms. The van der Waals surface area contributed by atoms with Crippen LogP contribution in [0.3, 0.4) is 0 Å². The average Bonchev–Trinajstić information content (AvgIpc) is 2.62. The molecule has 0 aromatic carbocycles.